The average molecular weight is 316 g/mol. The zero-order valence-electron chi connectivity index (χ0n) is 13.3. The van der Waals surface area contributed by atoms with Gasteiger partial charge in [0.1, 0.15) is 11.5 Å². The van der Waals surface area contributed by atoms with E-state index in [4.69, 9.17) is 0 Å². The molecule has 0 radical (unpaired) electrons. The van der Waals surface area contributed by atoms with Gasteiger partial charge in [0.2, 0.25) is 0 Å². The number of likely N-dealkylation sites (tertiary alicyclic amines) is 2. The Labute approximate surface area is 136 Å². The number of phenolic OH excluding ortho intramolecular Hbond substituents is 2. The van der Waals surface area contributed by atoms with Gasteiger partial charge < -0.3 is 15.1 Å². The van der Waals surface area contributed by atoms with Gasteiger partial charge in [-0.1, -0.05) is 0 Å². The van der Waals surface area contributed by atoms with Crippen molar-refractivity contribution < 1.29 is 15.0 Å². The van der Waals surface area contributed by atoms with Crippen molar-refractivity contribution in [3.63, 3.8) is 0 Å². The van der Waals surface area contributed by atoms with Crippen molar-refractivity contribution >= 4 is 5.91 Å². The topological polar surface area (TPSA) is 64.0 Å². The zero-order valence-corrected chi connectivity index (χ0v) is 13.3. The highest BCUT2D eigenvalue weighted by atomic mass is 16.3. The first-order valence-corrected chi connectivity index (χ1v) is 8.70. The van der Waals surface area contributed by atoms with Crippen LogP contribution in [0.4, 0.5) is 0 Å². The average Bonchev–Trinajstić information content (AvgIpc) is 3.38. The summed E-state index contributed by atoms with van der Waals surface area (Å²) in [5.41, 5.74) is 0.288. The van der Waals surface area contributed by atoms with Crippen molar-refractivity contribution in [1.82, 2.24) is 9.80 Å². The van der Waals surface area contributed by atoms with Crippen molar-refractivity contribution in [3.05, 3.63) is 23.8 Å². The number of fused-ring (bicyclic) bond motifs is 1. The van der Waals surface area contributed by atoms with E-state index < -0.39 is 0 Å². The van der Waals surface area contributed by atoms with Gasteiger partial charge in [-0.3, -0.25) is 9.69 Å². The summed E-state index contributed by atoms with van der Waals surface area (Å²) < 4.78 is 0. The van der Waals surface area contributed by atoms with Crippen molar-refractivity contribution in [2.24, 2.45) is 5.92 Å². The van der Waals surface area contributed by atoms with E-state index in [0.29, 0.717) is 12.0 Å². The second kappa shape index (κ2) is 5.71. The predicted octanol–water partition coefficient (Wildman–Crippen LogP) is 2.19. The Balaban J connectivity index is 1.48. The van der Waals surface area contributed by atoms with Crippen molar-refractivity contribution in [3.8, 4) is 11.5 Å². The molecule has 2 unspecified atom stereocenters. The number of carbonyl (C=O) groups excluding carboxylic acids is 1. The van der Waals surface area contributed by atoms with Crippen LogP contribution in [-0.2, 0) is 0 Å². The second-order valence-electron chi connectivity index (χ2n) is 7.18. The summed E-state index contributed by atoms with van der Waals surface area (Å²) in [5, 5.41) is 19.3. The maximum absolute atomic E-state index is 12.7. The number of hydrogen-bond acceptors (Lipinski definition) is 4. The van der Waals surface area contributed by atoms with Crippen molar-refractivity contribution in [2.75, 3.05) is 19.6 Å². The predicted molar refractivity (Wildman–Crippen MR) is 86.5 cm³/mol. The number of piperidine rings is 2. The first-order chi connectivity index (χ1) is 11.1. The molecule has 5 nitrogen and oxygen atoms in total. The molecule has 5 heteroatoms. The van der Waals surface area contributed by atoms with E-state index in [1.54, 1.807) is 0 Å². The Hall–Kier alpha value is -1.75. The standard InChI is InChI=1S/C18H24N2O3/c21-14-5-6-15(17(22)10-14)18(23)19-9-7-16-12(11-19)2-1-8-20(16)13-3-4-13/h5-6,10,12-13,16,21-22H,1-4,7-9,11H2. The van der Waals surface area contributed by atoms with E-state index in [-0.39, 0.29) is 23.0 Å². The molecular formula is C18H24N2O3. The highest BCUT2D eigenvalue weighted by molar-refractivity contribution is 5.97. The minimum Gasteiger partial charge on any atom is -0.508 e. The Bertz CT molecular complexity index is 614. The van der Waals surface area contributed by atoms with Crippen LogP contribution in [-0.4, -0.2) is 57.6 Å². The molecule has 0 bridgehead atoms. The third kappa shape index (κ3) is 2.78. The molecule has 0 spiro atoms. The molecule has 2 N–H and O–H groups in total. The van der Waals surface area contributed by atoms with E-state index in [9.17, 15) is 15.0 Å². The molecule has 0 aromatic heterocycles. The monoisotopic (exact) mass is 316 g/mol. The molecule has 3 aliphatic rings. The van der Waals surface area contributed by atoms with E-state index in [2.05, 4.69) is 4.90 Å². The van der Waals surface area contributed by atoms with Gasteiger partial charge in [0.05, 0.1) is 5.56 Å². The van der Waals surface area contributed by atoms with Gasteiger partial charge in [-0.25, -0.2) is 0 Å². The van der Waals surface area contributed by atoms with E-state index in [1.165, 1.54) is 50.4 Å². The molecule has 2 heterocycles. The summed E-state index contributed by atoms with van der Waals surface area (Å²) in [6.07, 6.45) is 6.13. The Kier molecular flexibility index (Phi) is 3.68. The molecular weight excluding hydrogens is 292 g/mol. The smallest absolute Gasteiger partial charge is 0.257 e. The van der Waals surface area contributed by atoms with Crippen molar-refractivity contribution in [1.29, 1.82) is 0 Å². The Morgan fingerprint density at radius 1 is 1.09 bits per heavy atom. The van der Waals surface area contributed by atoms with E-state index >= 15 is 0 Å². The minimum absolute atomic E-state index is 0.0230. The minimum atomic E-state index is -0.139. The molecule has 1 aromatic rings. The van der Waals surface area contributed by atoms with Crippen molar-refractivity contribution in [2.45, 2.75) is 44.2 Å². The Morgan fingerprint density at radius 2 is 1.91 bits per heavy atom. The fraction of sp³-hybridized carbons (Fsp3) is 0.611. The summed E-state index contributed by atoms with van der Waals surface area (Å²) >= 11 is 0. The third-order valence-corrected chi connectivity index (χ3v) is 5.63. The van der Waals surface area contributed by atoms with Gasteiger partial charge >= 0.3 is 0 Å². The summed E-state index contributed by atoms with van der Waals surface area (Å²) in [4.78, 5) is 17.3. The Morgan fingerprint density at radius 3 is 2.65 bits per heavy atom. The normalized spacial score (nSPS) is 28.4. The number of benzene rings is 1. The highest BCUT2D eigenvalue weighted by Gasteiger charge is 2.42. The fourth-order valence-corrected chi connectivity index (χ4v) is 4.36. The fourth-order valence-electron chi connectivity index (χ4n) is 4.36. The maximum Gasteiger partial charge on any atom is 0.257 e. The van der Waals surface area contributed by atoms with Gasteiger partial charge in [-0.2, -0.15) is 0 Å². The molecule has 3 fully saturated rings. The molecule has 1 aromatic carbocycles. The number of phenols is 2. The SMILES string of the molecule is O=C(c1ccc(O)cc1O)N1CCC2C(CCCN2C2CC2)C1. The summed E-state index contributed by atoms with van der Waals surface area (Å²) in [6, 6.07) is 5.63. The van der Waals surface area contributed by atoms with Crippen LogP contribution in [0.1, 0.15) is 42.5 Å². The van der Waals surface area contributed by atoms with Gasteiger partial charge in [0, 0.05) is 31.2 Å². The number of carbonyl (C=O) groups is 1. The second-order valence-corrected chi connectivity index (χ2v) is 7.18. The number of hydrogen-bond donors (Lipinski definition) is 2. The lowest BCUT2D eigenvalue weighted by atomic mass is 9.83. The van der Waals surface area contributed by atoms with Crippen LogP contribution in [0.2, 0.25) is 0 Å². The van der Waals surface area contributed by atoms with Crippen LogP contribution in [0.3, 0.4) is 0 Å². The van der Waals surface area contributed by atoms with Crippen LogP contribution in [0.25, 0.3) is 0 Å². The van der Waals surface area contributed by atoms with E-state index in [0.717, 1.165) is 25.6 Å². The maximum atomic E-state index is 12.7. The van der Waals surface area contributed by atoms with Crippen LogP contribution < -0.4 is 0 Å². The van der Waals surface area contributed by atoms with E-state index in [1.807, 2.05) is 4.90 Å². The summed E-state index contributed by atoms with van der Waals surface area (Å²) in [7, 11) is 0. The first-order valence-electron chi connectivity index (χ1n) is 8.70. The number of rotatable bonds is 2. The highest BCUT2D eigenvalue weighted by Crippen LogP contribution is 2.38. The van der Waals surface area contributed by atoms with Crippen LogP contribution >= 0.6 is 0 Å². The molecule has 2 atom stereocenters. The molecule has 1 amide bonds. The van der Waals surface area contributed by atoms with Crippen LogP contribution in [0, 0.1) is 5.92 Å². The van der Waals surface area contributed by atoms with Gasteiger partial charge in [-0.15, -0.1) is 0 Å². The number of nitrogens with zero attached hydrogens (tertiary/aromatic N) is 2. The molecule has 2 saturated heterocycles. The molecule has 4 rings (SSSR count). The quantitative estimate of drug-likeness (QED) is 0.878. The number of aromatic hydroxyl groups is 2. The third-order valence-electron chi connectivity index (χ3n) is 5.63. The summed E-state index contributed by atoms with van der Waals surface area (Å²) in [6.45, 7) is 2.76. The van der Waals surface area contributed by atoms with Crippen LogP contribution in [0.5, 0.6) is 11.5 Å². The molecule has 2 aliphatic heterocycles. The molecule has 23 heavy (non-hydrogen) atoms. The van der Waals surface area contributed by atoms with Gasteiger partial charge in [-0.05, 0) is 56.7 Å². The van der Waals surface area contributed by atoms with Gasteiger partial charge in [0.15, 0.2) is 0 Å². The molecule has 1 aliphatic carbocycles. The lowest BCUT2D eigenvalue weighted by molar-refractivity contribution is 0.0173. The lowest BCUT2D eigenvalue weighted by Crippen LogP contribution is -2.55. The first kappa shape index (κ1) is 14.8. The lowest BCUT2D eigenvalue weighted by Gasteiger charge is -2.47. The van der Waals surface area contributed by atoms with Crippen LogP contribution in [0.15, 0.2) is 18.2 Å². The zero-order chi connectivity index (χ0) is 16.0. The van der Waals surface area contributed by atoms with Gasteiger partial charge in [0.25, 0.3) is 5.91 Å². The molecule has 1 saturated carbocycles. The largest absolute Gasteiger partial charge is 0.508 e. The molecule has 124 valence electrons. The summed E-state index contributed by atoms with van der Waals surface area (Å²) in [5.74, 6) is 0.274. The number of amides is 1.